The van der Waals surface area contributed by atoms with Crippen LogP contribution in [0.5, 0.6) is 0 Å². The summed E-state index contributed by atoms with van der Waals surface area (Å²) in [5.74, 6) is -0.193. The average Bonchev–Trinajstić information content (AvgIpc) is 3.35. The molecule has 0 bridgehead atoms. The van der Waals surface area contributed by atoms with E-state index in [4.69, 9.17) is 9.63 Å². The summed E-state index contributed by atoms with van der Waals surface area (Å²) in [6.07, 6.45) is 0. The summed E-state index contributed by atoms with van der Waals surface area (Å²) < 4.78 is 20.0. The first-order valence-electron chi connectivity index (χ1n) is 9.61. The van der Waals surface area contributed by atoms with Gasteiger partial charge in [-0.2, -0.15) is 4.99 Å². The van der Waals surface area contributed by atoms with E-state index in [0.717, 1.165) is 11.1 Å². The van der Waals surface area contributed by atoms with Crippen LogP contribution < -0.4 is 5.32 Å². The molecule has 1 saturated heterocycles. The standard InChI is InChI=1S/C22H21FN4O3/c1-14(16-7-8-17(18(23)11-16)15-5-3-2-4-6-15)19-12-21(30-26-19)25-22-24-20(29)13-27(22)9-10-28/h2-8,11-12,14,28H,9-10,13H2,1H3,(H,24,25,29). The van der Waals surface area contributed by atoms with Gasteiger partial charge in [-0.05, 0) is 17.2 Å². The summed E-state index contributed by atoms with van der Waals surface area (Å²) in [6.45, 7) is 2.21. The van der Waals surface area contributed by atoms with E-state index in [1.807, 2.05) is 43.3 Å². The number of nitrogens with one attached hydrogen (secondary N) is 1. The number of guanidine groups is 1. The average molecular weight is 408 g/mol. The van der Waals surface area contributed by atoms with E-state index in [9.17, 15) is 9.18 Å². The molecule has 30 heavy (non-hydrogen) atoms. The molecule has 7 nitrogen and oxygen atoms in total. The highest BCUT2D eigenvalue weighted by molar-refractivity contribution is 6.04. The van der Waals surface area contributed by atoms with Gasteiger partial charge in [-0.25, -0.2) is 4.39 Å². The molecule has 2 heterocycles. The van der Waals surface area contributed by atoms with Crippen LogP contribution in [0.15, 0.2) is 64.1 Å². The molecule has 1 fully saturated rings. The van der Waals surface area contributed by atoms with Crippen molar-refractivity contribution in [1.82, 2.24) is 15.4 Å². The summed E-state index contributed by atoms with van der Waals surface area (Å²) >= 11 is 0. The molecule has 2 aromatic carbocycles. The molecule has 1 unspecified atom stereocenters. The lowest BCUT2D eigenvalue weighted by Gasteiger charge is -2.13. The molecule has 0 saturated carbocycles. The first kappa shape index (κ1) is 19.8. The minimum Gasteiger partial charge on any atom is -0.395 e. The van der Waals surface area contributed by atoms with E-state index in [0.29, 0.717) is 17.2 Å². The second kappa shape index (κ2) is 8.46. The van der Waals surface area contributed by atoms with Crippen LogP contribution in [-0.2, 0) is 4.79 Å². The van der Waals surface area contributed by atoms with Crippen molar-refractivity contribution in [3.63, 3.8) is 0 Å². The Morgan fingerprint density at radius 1 is 1.27 bits per heavy atom. The number of hydrogen-bond donors (Lipinski definition) is 2. The Hall–Kier alpha value is -3.52. The molecule has 154 valence electrons. The van der Waals surface area contributed by atoms with Crippen molar-refractivity contribution >= 4 is 17.8 Å². The largest absolute Gasteiger partial charge is 0.395 e. The Morgan fingerprint density at radius 3 is 2.80 bits per heavy atom. The van der Waals surface area contributed by atoms with E-state index in [1.54, 1.807) is 17.0 Å². The minimum absolute atomic E-state index is 0.1000. The quantitative estimate of drug-likeness (QED) is 0.654. The zero-order valence-electron chi connectivity index (χ0n) is 16.4. The van der Waals surface area contributed by atoms with Crippen molar-refractivity contribution in [2.75, 3.05) is 19.7 Å². The Kier molecular flexibility index (Phi) is 5.58. The van der Waals surface area contributed by atoms with Crippen molar-refractivity contribution in [2.24, 2.45) is 4.99 Å². The Bertz CT molecular complexity index is 1080. The molecule has 1 aliphatic heterocycles. The number of β-amino-alcohol motifs (C(OH)–C–C–N with tert-alkyl or cyclic N) is 1. The predicted molar refractivity (Wildman–Crippen MR) is 110 cm³/mol. The topological polar surface area (TPSA) is 91.0 Å². The number of aliphatic imine (C=N–C) groups is 1. The fraction of sp³-hybridized carbons (Fsp3) is 0.227. The number of benzene rings is 2. The zero-order valence-corrected chi connectivity index (χ0v) is 16.4. The SMILES string of the molecule is CC(c1ccc(-c2ccccc2)c(F)c1)c1cc(N=C2NC(=O)CN2CCO)on1. The van der Waals surface area contributed by atoms with Gasteiger partial charge in [0.15, 0.2) is 0 Å². The highest BCUT2D eigenvalue weighted by Gasteiger charge is 2.25. The summed E-state index contributed by atoms with van der Waals surface area (Å²) in [7, 11) is 0. The molecule has 1 aliphatic rings. The number of hydrogen-bond acceptors (Lipinski definition) is 5. The van der Waals surface area contributed by atoms with Crippen LogP contribution in [0.1, 0.15) is 24.1 Å². The molecule has 3 aromatic rings. The van der Waals surface area contributed by atoms with Crippen molar-refractivity contribution in [3.05, 3.63) is 71.7 Å². The molecular formula is C22H21FN4O3. The summed E-state index contributed by atoms with van der Waals surface area (Å²) in [5.41, 5.74) is 2.72. The van der Waals surface area contributed by atoms with Gasteiger partial charge in [-0.15, -0.1) is 0 Å². The number of amides is 1. The normalized spacial score (nSPS) is 16.2. The second-order valence-electron chi connectivity index (χ2n) is 7.05. The fourth-order valence-corrected chi connectivity index (χ4v) is 3.36. The fourth-order valence-electron chi connectivity index (χ4n) is 3.36. The number of aromatic nitrogens is 1. The minimum atomic E-state index is -0.303. The number of nitrogens with zero attached hydrogens (tertiary/aromatic N) is 3. The van der Waals surface area contributed by atoms with Crippen LogP contribution in [0.4, 0.5) is 10.3 Å². The number of carbonyl (C=O) groups is 1. The van der Waals surface area contributed by atoms with Crippen LogP contribution >= 0.6 is 0 Å². The maximum atomic E-state index is 14.7. The van der Waals surface area contributed by atoms with Crippen LogP contribution in [0.3, 0.4) is 0 Å². The van der Waals surface area contributed by atoms with Crippen molar-refractivity contribution in [1.29, 1.82) is 0 Å². The lowest BCUT2D eigenvalue weighted by molar-refractivity contribution is -0.118. The smallest absolute Gasteiger partial charge is 0.253 e. The number of aliphatic hydroxyl groups excluding tert-OH is 1. The predicted octanol–water partition coefficient (Wildman–Crippen LogP) is 3.04. The third-order valence-electron chi connectivity index (χ3n) is 5.01. The van der Waals surface area contributed by atoms with Gasteiger partial charge in [-0.1, -0.05) is 54.5 Å². The Balaban J connectivity index is 1.54. The molecule has 1 aromatic heterocycles. The lowest BCUT2D eigenvalue weighted by atomic mass is 9.95. The third-order valence-corrected chi connectivity index (χ3v) is 5.01. The Labute approximate surface area is 172 Å². The van der Waals surface area contributed by atoms with Crippen LogP contribution in [0.25, 0.3) is 11.1 Å². The first-order valence-corrected chi connectivity index (χ1v) is 9.61. The van der Waals surface area contributed by atoms with E-state index < -0.39 is 0 Å². The zero-order chi connectivity index (χ0) is 21.1. The van der Waals surface area contributed by atoms with Crippen LogP contribution in [0.2, 0.25) is 0 Å². The summed E-state index contributed by atoms with van der Waals surface area (Å²) in [6, 6.07) is 16.2. The van der Waals surface area contributed by atoms with Crippen molar-refractivity contribution in [3.8, 4) is 11.1 Å². The van der Waals surface area contributed by atoms with E-state index in [2.05, 4.69) is 15.5 Å². The van der Waals surface area contributed by atoms with E-state index >= 15 is 0 Å². The molecule has 4 rings (SSSR count). The van der Waals surface area contributed by atoms with Gasteiger partial charge in [0.2, 0.25) is 11.9 Å². The first-order chi connectivity index (χ1) is 14.5. The van der Waals surface area contributed by atoms with Gasteiger partial charge < -0.3 is 14.5 Å². The van der Waals surface area contributed by atoms with Gasteiger partial charge >= 0.3 is 0 Å². The molecule has 0 radical (unpaired) electrons. The highest BCUT2D eigenvalue weighted by Crippen LogP contribution is 2.30. The molecule has 1 amide bonds. The van der Waals surface area contributed by atoms with E-state index in [-0.39, 0.29) is 43.2 Å². The van der Waals surface area contributed by atoms with Crippen LogP contribution in [-0.4, -0.2) is 46.7 Å². The van der Waals surface area contributed by atoms with Gasteiger partial charge in [0.1, 0.15) is 12.4 Å². The van der Waals surface area contributed by atoms with Gasteiger partial charge in [0.05, 0.1) is 12.3 Å². The highest BCUT2D eigenvalue weighted by atomic mass is 19.1. The van der Waals surface area contributed by atoms with Gasteiger partial charge in [0, 0.05) is 24.1 Å². The molecule has 0 aliphatic carbocycles. The maximum Gasteiger partial charge on any atom is 0.253 e. The summed E-state index contributed by atoms with van der Waals surface area (Å²) in [5, 5.41) is 15.8. The summed E-state index contributed by atoms with van der Waals surface area (Å²) in [4.78, 5) is 17.5. The third kappa shape index (κ3) is 4.08. The number of carbonyl (C=O) groups excluding carboxylic acids is 1. The molecular weight excluding hydrogens is 387 g/mol. The van der Waals surface area contributed by atoms with Crippen molar-refractivity contribution in [2.45, 2.75) is 12.8 Å². The Morgan fingerprint density at radius 2 is 2.07 bits per heavy atom. The maximum absolute atomic E-state index is 14.7. The van der Waals surface area contributed by atoms with Crippen LogP contribution in [0, 0.1) is 5.82 Å². The monoisotopic (exact) mass is 408 g/mol. The van der Waals surface area contributed by atoms with E-state index in [1.165, 1.54) is 6.07 Å². The number of rotatable bonds is 6. The molecule has 0 spiro atoms. The molecule has 1 atom stereocenters. The van der Waals surface area contributed by atoms with Gasteiger partial charge in [0.25, 0.3) is 5.88 Å². The van der Waals surface area contributed by atoms with Gasteiger partial charge in [-0.3, -0.25) is 10.1 Å². The number of halogens is 1. The van der Waals surface area contributed by atoms with Crippen molar-refractivity contribution < 1.29 is 18.8 Å². The number of aliphatic hydroxyl groups is 1. The lowest BCUT2D eigenvalue weighted by Crippen LogP contribution is -2.32. The molecule has 2 N–H and O–H groups in total. The molecule has 8 heteroatoms. The second-order valence-corrected chi connectivity index (χ2v) is 7.05.